The number of halogens is 1. The molecule has 2 rings (SSSR count). The average molecular weight is 444 g/mol. The van der Waals surface area contributed by atoms with Gasteiger partial charge in [0, 0.05) is 20.3 Å². The molecule has 0 saturated carbocycles. The van der Waals surface area contributed by atoms with Crippen LogP contribution in [0.4, 0.5) is 0 Å². The van der Waals surface area contributed by atoms with Gasteiger partial charge in [0.2, 0.25) is 0 Å². The minimum atomic E-state index is -4.53. The maximum atomic E-state index is 10.8. The molecular formula is C19H23ClNO5PS. The summed E-state index contributed by atoms with van der Waals surface area (Å²) in [6.45, 7) is 1.47. The summed E-state index contributed by atoms with van der Waals surface area (Å²) < 4.78 is 21.4. The van der Waals surface area contributed by atoms with E-state index in [2.05, 4.69) is 10.4 Å². The van der Waals surface area contributed by atoms with Crippen LogP contribution in [0.5, 0.6) is 5.75 Å². The largest absolute Gasteiger partial charge is 0.484 e. The first-order chi connectivity index (χ1) is 13.1. The summed E-state index contributed by atoms with van der Waals surface area (Å²) in [5, 5.41) is 0.631. The Morgan fingerprint density at radius 1 is 1.32 bits per heavy atom. The molecule has 0 aliphatic heterocycles. The Labute approximate surface area is 173 Å². The van der Waals surface area contributed by atoms with Crippen LogP contribution in [0, 0.1) is 12.3 Å². The third kappa shape index (κ3) is 7.94. The van der Waals surface area contributed by atoms with Gasteiger partial charge in [-0.05, 0) is 56.2 Å². The van der Waals surface area contributed by atoms with Gasteiger partial charge < -0.3 is 20.3 Å². The van der Waals surface area contributed by atoms with Gasteiger partial charge in [-0.2, -0.15) is 0 Å². The molecule has 0 aliphatic carbocycles. The summed E-state index contributed by atoms with van der Waals surface area (Å²) in [7, 11) is -4.53. The molecule has 1 aromatic heterocycles. The summed E-state index contributed by atoms with van der Waals surface area (Å²) >= 11 is 7.47. The van der Waals surface area contributed by atoms with Gasteiger partial charge in [0.25, 0.3) is 0 Å². The molecule has 0 fully saturated rings. The second-order valence-corrected chi connectivity index (χ2v) is 9.57. The normalized spacial score (nSPS) is 14.9. The molecule has 2 aromatic rings. The zero-order valence-electron chi connectivity index (χ0n) is 15.4. The van der Waals surface area contributed by atoms with E-state index in [1.807, 2.05) is 12.1 Å². The van der Waals surface area contributed by atoms with Crippen molar-refractivity contribution >= 4 is 30.8 Å². The number of benzene rings is 1. The van der Waals surface area contributed by atoms with Gasteiger partial charge in [0.15, 0.2) is 0 Å². The van der Waals surface area contributed by atoms with Crippen LogP contribution in [0.15, 0.2) is 36.4 Å². The van der Waals surface area contributed by atoms with Crippen molar-refractivity contribution in [3.05, 3.63) is 51.2 Å². The van der Waals surface area contributed by atoms with Crippen LogP contribution < -0.4 is 10.5 Å². The Kier molecular flexibility index (Phi) is 8.11. The molecule has 0 saturated heterocycles. The Morgan fingerprint density at radius 2 is 2.00 bits per heavy atom. The van der Waals surface area contributed by atoms with Crippen molar-refractivity contribution in [2.24, 2.45) is 5.73 Å². The van der Waals surface area contributed by atoms with E-state index in [-0.39, 0.29) is 12.7 Å². The molecule has 4 N–H and O–H groups in total. The van der Waals surface area contributed by atoms with Gasteiger partial charge in [-0.25, -0.2) is 4.57 Å². The number of phosphoric ester groups is 1. The fourth-order valence-electron chi connectivity index (χ4n) is 2.40. The summed E-state index contributed by atoms with van der Waals surface area (Å²) in [6.07, 6.45) is 6.80. The fraction of sp³-hybridized carbons (Fsp3) is 0.368. The molecule has 0 spiro atoms. The molecule has 28 heavy (non-hydrogen) atoms. The quantitative estimate of drug-likeness (QED) is 0.373. The Balaban J connectivity index is 1.99. The van der Waals surface area contributed by atoms with Crippen LogP contribution in [-0.4, -0.2) is 21.9 Å². The number of rotatable bonds is 10. The molecule has 1 heterocycles. The minimum Gasteiger partial charge on any atom is -0.484 e. The zero-order valence-corrected chi connectivity index (χ0v) is 17.8. The van der Waals surface area contributed by atoms with Crippen LogP contribution in [0.25, 0.3) is 0 Å². The molecule has 152 valence electrons. The molecule has 0 radical (unpaired) electrons. The molecule has 0 amide bonds. The molecule has 2 atom stereocenters. The summed E-state index contributed by atoms with van der Waals surface area (Å²) in [4.78, 5) is 19.7. The molecule has 0 aliphatic rings. The van der Waals surface area contributed by atoms with Crippen LogP contribution in [-0.2, 0) is 15.5 Å². The van der Waals surface area contributed by atoms with Gasteiger partial charge in [0.05, 0.1) is 13.0 Å². The molecule has 6 nitrogen and oxygen atoms in total. The van der Waals surface area contributed by atoms with Crippen LogP contribution in [0.3, 0.4) is 0 Å². The van der Waals surface area contributed by atoms with E-state index in [1.165, 1.54) is 0 Å². The van der Waals surface area contributed by atoms with Crippen molar-refractivity contribution in [2.45, 2.75) is 37.8 Å². The number of terminal acetylenes is 1. The minimum absolute atomic E-state index is 0.227. The predicted octanol–water partition coefficient (Wildman–Crippen LogP) is 4.30. The lowest BCUT2D eigenvalue weighted by molar-refractivity contribution is 0.154. The first-order valence-electron chi connectivity index (χ1n) is 8.51. The van der Waals surface area contributed by atoms with Gasteiger partial charge in [0.1, 0.15) is 11.9 Å². The summed E-state index contributed by atoms with van der Waals surface area (Å²) in [6, 6.07) is 11.0. The number of hydrogen-bond donors (Lipinski definition) is 3. The molecule has 2 unspecified atom stereocenters. The third-order valence-electron chi connectivity index (χ3n) is 3.90. The van der Waals surface area contributed by atoms with Gasteiger partial charge in [-0.15, -0.1) is 23.7 Å². The standard InChI is InChI=1S/C19H23ClNO5PS/c1-3-4-17(26-15-7-5-14(20)6-8-15)18-10-9-16(28-18)11-12-19(2,21)13-25-27(22,23)24/h1,5-10,17H,4,11-13,21H2,2H3,(H2,22,23,24). The summed E-state index contributed by atoms with van der Waals surface area (Å²) in [5.74, 6) is 3.32. The Hall–Kier alpha value is -1.36. The number of thiophene rings is 1. The van der Waals surface area contributed by atoms with Crippen molar-refractivity contribution in [3.63, 3.8) is 0 Å². The first-order valence-corrected chi connectivity index (χ1v) is 11.2. The SMILES string of the molecule is C#CCC(Oc1ccc(Cl)cc1)c1ccc(CCC(C)(N)COP(=O)(O)O)s1. The number of aryl methyl sites for hydroxylation is 1. The highest BCUT2D eigenvalue weighted by Crippen LogP contribution is 2.37. The van der Waals surface area contributed by atoms with E-state index in [1.54, 1.807) is 42.5 Å². The topological polar surface area (TPSA) is 102 Å². The highest BCUT2D eigenvalue weighted by molar-refractivity contribution is 7.46. The van der Waals surface area contributed by atoms with Crippen molar-refractivity contribution in [1.82, 2.24) is 0 Å². The third-order valence-corrected chi connectivity index (χ3v) is 5.85. The number of nitrogens with two attached hydrogens (primary N) is 1. The average Bonchev–Trinajstić information content (AvgIpc) is 3.09. The van der Waals surface area contributed by atoms with E-state index < -0.39 is 13.4 Å². The number of ether oxygens (including phenoxy) is 1. The smallest absolute Gasteiger partial charge is 0.469 e. The predicted molar refractivity (Wildman–Crippen MR) is 111 cm³/mol. The van der Waals surface area contributed by atoms with Crippen molar-refractivity contribution in [3.8, 4) is 18.1 Å². The van der Waals surface area contributed by atoms with E-state index in [4.69, 9.17) is 38.3 Å². The Bertz CT molecular complexity index is 856. The second kappa shape index (κ2) is 9.91. The highest BCUT2D eigenvalue weighted by Gasteiger charge is 2.25. The van der Waals surface area contributed by atoms with Crippen LogP contribution in [0.1, 0.15) is 35.6 Å². The highest BCUT2D eigenvalue weighted by atomic mass is 35.5. The fourth-order valence-corrected chi connectivity index (χ4v) is 4.03. The monoisotopic (exact) mass is 443 g/mol. The van der Waals surface area contributed by atoms with Gasteiger partial charge in [-0.3, -0.25) is 4.52 Å². The van der Waals surface area contributed by atoms with Crippen molar-refractivity contribution in [1.29, 1.82) is 0 Å². The van der Waals surface area contributed by atoms with E-state index in [9.17, 15) is 4.57 Å². The van der Waals surface area contributed by atoms with E-state index in [0.29, 0.717) is 30.0 Å². The van der Waals surface area contributed by atoms with Crippen LogP contribution in [0.2, 0.25) is 5.02 Å². The second-order valence-electron chi connectivity index (χ2n) is 6.69. The lowest BCUT2D eigenvalue weighted by Gasteiger charge is -2.24. The maximum Gasteiger partial charge on any atom is 0.469 e. The van der Waals surface area contributed by atoms with Crippen LogP contribution >= 0.6 is 30.8 Å². The molecule has 9 heteroatoms. The Morgan fingerprint density at radius 3 is 2.61 bits per heavy atom. The molecular weight excluding hydrogens is 421 g/mol. The van der Waals surface area contributed by atoms with E-state index in [0.717, 1.165) is 9.75 Å². The molecule has 0 bridgehead atoms. The number of hydrogen-bond acceptors (Lipinski definition) is 5. The van der Waals surface area contributed by atoms with Gasteiger partial charge >= 0.3 is 7.82 Å². The van der Waals surface area contributed by atoms with Gasteiger partial charge in [-0.1, -0.05) is 11.6 Å². The van der Waals surface area contributed by atoms with Crippen molar-refractivity contribution in [2.75, 3.05) is 6.61 Å². The number of phosphoric acid groups is 1. The van der Waals surface area contributed by atoms with E-state index >= 15 is 0 Å². The first kappa shape index (κ1) is 22.9. The zero-order chi connectivity index (χ0) is 20.8. The maximum absolute atomic E-state index is 10.8. The lowest BCUT2D eigenvalue weighted by atomic mass is 9.98. The summed E-state index contributed by atoms with van der Waals surface area (Å²) in [5.41, 5.74) is 5.22. The lowest BCUT2D eigenvalue weighted by Crippen LogP contribution is -2.41. The van der Waals surface area contributed by atoms with Crippen molar-refractivity contribution < 1.29 is 23.6 Å². The molecule has 1 aromatic carbocycles.